The first-order valence-electron chi connectivity index (χ1n) is 10.7. The van der Waals surface area contributed by atoms with Crippen LogP contribution in [0.1, 0.15) is 46.0 Å². The molecule has 3 heterocycles. The van der Waals surface area contributed by atoms with Gasteiger partial charge in [-0.25, -0.2) is 19.0 Å². The normalized spacial score (nSPS) is 13.1. The minimum absolute atomic E-state index is 0.207. The molecular formula is C24H23FN6O. The molecule has 0 aliphatic heterocycles. The molecule has 1 aromatic carbocycles. The Kier molecular flexibility index (Phi) is 5.26. The molecule has 0 fully saturated rings. The van der Waals surface area contributed by atoms with Gasteiger partial charge in [0.05, 0.1) is 5.69 Å². The zero-order valence-electron chi connectivity index (χ0n) is 17.8. The van der Waals surface area contributed by atoms with Gasteiger partial charge in [-0.05, 0) is 74.6 Å². The molecule has 4 aromatic rings. The number of imidazole rings is 1. The fourth-order valence-corrected chi connectivity index (χ4v) is 4.17. The third-order valence-corrected chi connectivity index (χ3v) is 5.80. The van der Waals surface area contributed by atoms with Crippen LogP contribution in [0.4, 0.5) is 4.39 Å². The molecule has 1 N–H and O–H groups in total. The SMILES string of the molecule is Cc1nccn1-c1cc(CNC(=O)c2nn(-c3ccc(F)cc3)c3c2CCCC3)ccn1. The number of benzene rings is 1. The number of hydrogen-bond acceptors (Lipinski definition) is 4. The van der Waals surface area contributed by atoms with E-state index in [0.29, 0.717) is 12.2 Å². The lowest BCUT2D eigenvalue weighted by atomic mass is 9.95. The second-order valence-electron chi connectivity index (χ2n) is 7.92. The van der Waals surface area contributed by atoms with E-state index >= 15 is 0 Å². The number of nitrogens with zero attached hydrogens (tertiary/aromatic N) is 5. The molecule has 3 aromatic heterocycles. The summed E-state index contributed by atoms with van der Waals surface area (Å²) in [5.41, 5.74) is 4.17. The maximum Gasteiger partial charge on any atom is 0.272 e. The summed E-state index contributed by atoms with van der Waals surface area (Å²) in [7, 11) is 0. The Morgan fingerprint density at radius 1 is 1.09 bits per heavy atom. The molecule has 162 valence electrons. The topological polar surface area (TPSA) is 77.6 Å². The highest BCUT2D eigenvalue weighted by molar-refractivity contribution is 5.94. The maximum absolute atomic E-state index is 13.4. The van der Waals surface area contributed by atoms with E-state index < -0.39 is 0 Å². The number of nitrogens with one attached hydrogen (secondary N) is 1. The molecule has 7 nitrogen and oxygen atoms in total. The summed E-state index contributed by atoms with van der Waals surface area (Å²) in [6, 6.07) is 10.0. The molecule has 1 aliphatic carbocycles. The summed E-state index contributed by atoms with van der Waals surface area (Å²) in [6.45, 7) is 2.27. The molecule has 5 rings (SSSR count). The molecule has 0 radical (unpaired) electrons. The van der Waals surface area contributed by atoms with Crippen molar-refractivity contribution in [3.8, 4) is 11.5 Å². The van der Waals surface area contributed by atoms with Crippen LogP contribution in [0.2, 0.25) is 0 Å². The minimum Gasteiger partial charge on any atom is -0.347 e. The van der Waals surface area contributed by atoms with Gasteiger partial charge in [0.15, 0.2) is 5.69 Å². The Morgan fingerprint density at radius 2 is 1.91 bits per heavy atom. The van der Waals surface area contributed by atoms with E-state index in [0.717, 1.165) is 59.8 Å². The fraction of sp³-hybridized carbons (Fsp3) is 0.250. The van der Waals surface area contributed by atoms with Gasteiger partial charge in [0.2, 0.25) is 0 Å². The number of hydrogen-bond donors (Lipinski definition) is 1. The first-order chi connectivity index (χ1) is 15.6. The zero-order valence-corrected chi connectivity index (χ0v) is 17.8. The minimum atomic E-state index is -0.296. The van der Waals surface area contributed by atoms with Gasteiger partial charge >= 0.3 is 0 Å². The monoisotopic (exact) mass is 430 g/mol. The Hall–Kier alpha value is -3.81. The zero-order chi connectivity index (χ0) is 22.1. The lowest BCUT2D eigenvalue weighted by molar-refractivity contribution is 0.0944. The number of aryl methyl sites for hydroxylation is 1. The lowest BCUT2D eigenvalue weighted by Crippen LogP contribution is -2.25. The smallest absolute Gasteiger partial charge is 0.272 e. The van der Waals surface area contributed by atoms with Crippen LogP contribution in [0.3, 0.4) is 0 Å². The summed E-state index contributed by atoms with van der Waals surface area (Å²) in [5.74, 6) is 1.10. The molecule has 0 saturated heterocycles. The van der Waals surface area contributed by atoms with Gasteiger partial charge in [-0.1, -0.05) is 0 Å². The number of carbonyl (C=O) groups excluding carboxylic acids is 1. The van der Waals surface area contributed by atoms with E-state index in [9.17, 15) is 9.18 Å². The Balaban J connectivity index is 1.38. The van der Waals surface area contributed by atoms with Crippen LogP contribution in [0.5, 0.6) is 0 Å². The second kappa shape index (κ2) is 8.37. The number of amides is 1. The molecule has 0 atom stereocenters. The number of fused-ring (bicyclic) bond motifs is 1. The summed E-state index contributed by atoms with van der Waals surface area (Å²) < 4.78 is 17.1. The van der Waals surface area contributed by atoms with E-state index in [1.165, 1.54) is 12.1 Å². The third kappa shape index (κ3) is 3.79. The van der Waals surface area contributed by atoms with Crippen molar-refractivity contribution in [3.63, 3.8) is 0 Å². The van der Waals surface area contributed by atoms with Gasteiger partial charge in [-0.2, -0.15) is 5.10 Å². The summed E-state index contributed by atoms with van der Waals surface area (Å²) >= 11 is 0. The standard InChI is InChI=1S/C24H23FN6O/c1-16-26-12-13-30(16)22-14-17(10-11-27-22)15-28-24(32)23-20-4-2-3-5-21(20)31(29-23)19-8-6-18(25)7-9-19/h6-14H,2-5,15H2,1H3,(H,28,32). The van der Waals surface area contributed by atoms with Crippen molar-refractivity contribution in [1.82, 2.24) is 29.6 Å². The van der Waals surface area contributed by atoms with Crippen LogP contribution >= 0.6 is 0 Å². The van der Waals surface area contributed by atoms with Crippen molar-refractivity contribution < 1.29 is 9.18 Å². The first-order valence-corrected chi connectivity index (χ1v) is 10.7. The molecule has 0 bridgehead atoms. The van der Waals surface area contributed by atoms with Gasteiger partial charge in [0.25, 0.3) is 5.91 Å². The summed E-state index contributed by atoms with van der Waals surface area (Å²) in [4.78, 5) is 21.7. The van der Waals surface area contributed by atoms with Crippen LogP contribution in [-0.4, -0.2) is 30.2 Å². The first kappa shape index (κ1) is 20.1. The number of pyridine rings is 1. The fourth-order valence-electron chi connectivity index (χ4n) is 4.17. The average molecular weight is 430 g/mol. The van der Waals surface area contributed by atoms with Gasteiger partial charge in [0.1, 0.15) is 17.5 Å². The van der Waals surface area contributed by atoms with Crippen molar-refractivity contribution >= 4 is 5.91 Å². The van der Waals surface area contributed by atoms with E-state index in [4.69, 9.17) is 0 Å². The van der Waals surface area contributed by atoms with Crippen LogP contribution in [0.25, 0.3) is 11.5 Å². The highest BCUT2D eigenvalue weighted by Crippen LogP contribution is 2.27. The molecule has 0 unspecified atom stereocenters. The number of halogens is 1. The quantitative estimate of drug-likeness (QED) is 0.524. The van der Waals surface area contributed by atoms with Gasteiger partial charge in [-0.15, -0.1) is 0 Å². The van der Waals surface area contributed by atoms with Crippen LogP contribution in [0.15, 0.2) is 55.0 Å². The van der Waals surface area contributed by atoms with Crippen molar-refractivity contribution in [2.45, 2.75) is 39.2 Å². The summed E-state index contributed by atoms with van der Waals surface area (Å²) in [5, 5.41) is 7.63. The molecule has 1 aliphatic rings. The lowest BCUT2D eigenvalue weighted by Gasteiger charge is -2.14. The molecular weight excluding hydrogens is 407 g/mol. The van der Waals surface area contributed by atoms with Gasteiger partial charge in [0, 0.05) is 36.4 Å². The Morgan fingerprint density at radius 3 is 2.69 bits per heavy atom. The Labute approximate surface area is 184 Å². The van der Waals surface area contributed by atoms with Crippen molar-refractivity contribution in [2.75, 3.05) is 0 Å². The van der Waals surface area contributed by atoms with Crippen LogP contribution in [-0.2, 0) is 19.4 Å². The molecule has 0 saturated carbocycles. The van der Waals surface area contributed by atoms with Crippen LogP contribution < -0.4 is 5.32 Å². The van der Waals surface area contributed by atoms with Gasteiger partial charge in [-0.3, -0.25) is 9.36 Å². The van der Waals surface area contributed by atoms with E-state index in [2.05, 4.69) is 20.4 Å². The predicted octanol–water partition coefficient (Wildman–Crippen LogP) is 3.71. The number of carbonyl (C=O) groups is 1. The van der Waals surface area contributed by atoms with E-state index in [1.54, 1.807) is 29.2 Å². The Bertz CT molecular complexity index is 1270. The molecule has 1 amide bonds. The molecule has 8 heteroatoms. The largest absolute Gasteiger partial charge is 0.347 e. The highest BCUT2D eigenvalue weighted by atomic mass is 19.1. The molecule has 32 heavy (non-hydrogen) atoms. The third-order valence-electron chi connectivity index (χ3n) is 5.80. The van der Waals surface area contributed by atoms with Crippen LogP contribution in [0, 0.1) is 12.7 Å². The van der Waals surface area contributed by atoms with Crippen molar-refractivity contribution in [2.24, 2.45) is 0 Å². The predicted molar refractivity (Wildman–Crippen MR) is 117 cm³/mol. The average Bonchev–Trinajstić information content (AvgIpc) is 3.42. The van der Waals surface area contributed by atoms with E-state index in [-0.39, 0.29) is 11.7 Å². The van der Waals surface area contributed by atoms with Gasteiger partial charge < -0.3 is 5.32 Å². The second-order valence-corrected chi connectivity index (χ2v) is 7.92. The highest BCUT2D eigenvalue weighted by Gasteiger charge is 2.25. The summed E-state index contributed by atoms with van der Waals surface area (Å²) in [6.07, 6.45) is 9.06. The molecule has 0 spiro atoms. The van der Waals surface area contributed by atoms with Crippen molar-refractivity contribution in [3.05, 3.63) is 89.1 Å². The number of rotatable bonds is 5. The van der Waals surface area contributed by atoms with Crippen molar-refractivity contribution in [1.29, 1.82) is 0 Å². The maximum atomic E-state index is 13.4. The number of aromatic nitrogens is 5. The van der Waals surface area contributed by atoms with E-state index in [1.807, 2.05) is 29.8 Å².